The van der Waals surface area contributed by atoms with Crippen LogP contribution in [0.15, 0.2) is 67.0 Å². The average Bonchev–Trinajstić information content (AvgIpc) is 2.62. The van der Waals surface area contributed by atoms with Crippen molar-refractivity contribution >= 4 is 38.1 Å². The first-order valence-electron chi connectivity index (χ1n) is 7.48. The Morgan fingerprint density at radius 3 is 2.33 bits per heavy atom. The molecule has 2 radical (unpaired) electrons. The van der Waals surface area contributed by atoms with E-state index in [-0.39, 0.29) is 0 Å². The summed E-state index contributed by atoms with van der Waals surface area (Å²) in [7, 11) is 0. The standard InChI is InChI=1S/C19H13AsN4/c20-14-8-6-13(7-9-14)16-10-15(12-4-2-1-3-5-12)17-18(21)22-11-23-19(17)24-16/h1-11H,(H2,21,22,23,24). The molecule has 2 aromatic heterocycles. The molecule has 0 amide bonds. The molecule has 0 spiro atoms. The minimum absolute atomic E-state index is 0.444. The van der Waals surface area contributed by atoms with E-state index in [1.807, 2.05) is 18.2 Å². The van der Waals surface area contributed by atoms with E-state index in [4.69, 9.17) is 5.73 Å². The molecule has 2 N–H and O–H groups in total. The molecule has 5 heteroatoms. The quantitative estimate of drug-likeness (QED) is 0.550. The summed E-state index contributed by atoms with van der Waals surface area (Å²) in [6.45, 7) is 0. The van der Waals surface area contributed by atoms with Crippen LogP contribution < -0.4 is 10.1 Å². The van der Waals surface area contributed by atoms with Crippen LogP contribution in [0.5, 0.6) is 0 Å². The van der Waals surface area contributed by atoms with Crippen LogP contribution in [-0.2, 0) is 0 Å². The summed E-state index contributed by atoms with van der Waals surface area (Å²) in [5.41, 5.74) is 10.7. The van der Waals surface area contributed by atoms with Crippen LogP contribution in [0, 0.1) is 0 Å². The van der Waals surface area contributed by atoms with E-state index < -0.39 is 0 Å². The van der Waals surface area contributed by atoms with E-state index in [1.165, 1.54) is 6.33 Å². The summed E-state index contributed by atoms with van der Waals surface area (Å²) >= 11 is 2.53. The maximum absolute atomic E-state index is 6.11. The normalized spacial score (nSPS) is 10.9. The summed E-state index contributed by atoms with van der Waals surface area (Å²) in [6, 6.07) is 20.4. The third kappa shape index (κ3) is 2.66. The van der Waals surface area contributed by atoms with E-state index in [2.05, 4.69) is 74.3 Å². The summed E-state index contributed by atoms with van der Waals surface area (Å²) in [5.74, 6) is 0.444. The Labute approximate surface area is 148 Å². The van der Waals surface area contributed by atoms with Gasteiger partial charge in [0.25, 0.3) is 0 Å². The van der Waals surface area contributed by atoms with Gasteiger partial charge in [-0.3, -0.25) is 0 Å². The van der Waals surface area contributed by atoms with Crippen LogP contribution in [0.25, 0.3) is 33.4 Å². The third-order valence-corrected chi connectivity index (χ3v) is 4.51. The number of pyridine rings is 1. The second kappa shape index (κ2) is 6.06. The van der Waals surface area contributed by atoms with Gasteiger partial charge in [0, 0.05) is 0 Å². The Morgan fingerprint density at radius 1 is 0.833 bits per heavy atom. The van der Waals surface area contributed by atoms with Crippen LogP contribution in [0.1, 0.15) is 0 Å². The van der Waals surface area contributed by atoms with Gasteiger partial charge >= 0.3 is 148 Å². The zero-order valence-electron chi connectivity index (χ0n) is 12.7. The molecule has 4 aromatic rings. The van der Waals surface area contributed by atoms with E-state index in [9.17, 15) is 0 Å². The first-order chi connectivity index (χ1) is 11.7. The molecule has 4 nitrogen and oxygen atoms in total. The number of fused-ring (bicyclic) bond motifs is 1. The molecule has 2 heterocycles. The zero-order valence-corrected chi connectivity index (χ0v) is 14.6. The topological polar surface area (TPSA) is 64.7 Å². The molecule has 24 heavy (non-hydrogen) atoms. The number of rotatable bonds is 2. The predicted molar refractivity (Wildman–Crippen MR) is 98.0 cm³/mol. The number of hydrogen-bond donors (Lipinski definition) is 1. The summed E-state index contributed by atoms with van der Waals surface area (Å²) < 4.78 is 1.15. The second-order valence-corrected chi connectivity index (χ2v) is 6.51. The van der Waals surface area contributed by atoms with Gasteiger partial charge in [-0.05, 0) is 0 Å². The summed E-state index contributed by atoms with van der Waals surface area (Å²) in [4.78, 5) is 13.1. The van der Waals surface area contributed by atoms with Crippen LogP contribution in [0.4, 0.5) is 5.82 Å². The van der Waals surface area contributed by atoms with Crippen molar-refractivity contribution in [3.63, 3.8) is 0 Å². The molecule has 0 unspecified atom stereocenters. The summed E-state index contributed by atoms with van der Waals surface area (Å²) in [5, 5.41) is 0.788. The van der Waals surface area contributed by atoms with Crippen molar-refractivity contribution in [3.8, 4) is 22.4 Å². The van der Waals surface area contributed by atoms with Gasteiger partial charge in [0.05, 0.1) is 0 Å². The SMILES string of the molecule is Nc1ncnc2nc(-c3ccc([As])cc3)cc(-c3ccccc3)c12. The maximum atomic E-state index is 6.11. The van der Waals surface area contributed by atoms with Gasteiger partial charge in [0.15, 0.2) is 0 Å². The number of anilines is 1. The van der Waals surface area contributed by atoms with Crippen LogP contribution in [0.3, 0.4) is 0 Å². The molecule has 0 fully saturated rings. The number of hydrogen-bond acceptors (Lipinski definition) is 4. The number of benzene rings is 2. The minimum atomic E-state index is 0.444. The Balaban J connectivity index is 2.03. The molecule has 0 saturated carbocycles. The molecule has 0 aliphatic carbocycles. The van der Waals surface area contributed by atoms with Gasteiger partial charge in [0.1, 0.15) is 0 Å². The molecule has 0 aliphatic heterocycles. The second-order valence-electron chi connectivity index (χ2n) is 5.43. The molecule has 0 aliphatic rings. The van der Waals surface area contributed by atoms with E-state index in [0.29, 0.717) is 11.5 Å². The van der Waals surface area contributed by atoms with Crippen molar-refractivity contribution in [1.82, 2.24) is 15.0 Å². The van der Waals surface area contributed by atoms with Crippen molar-refractivity contribution in [1.29, 1.82) is 0 Å². The molecular formula is C19H13AsN4. The van der Waals surface area contributed by atoms with Gasteiger partial charge in [-0.25, -0.2) is 0 Å². The van der Waals surface area contributed by atoms with Crippen LogP contribution in [0.2, 0.25) is 0 Å². The van der Waals surface area contributed by atoms with E-state index in [0.717, 1.165) is 32.1 Å². The first-order valence-corrected chi connectivity index (χ1v) is 8.42. The molecule has 114 valence electrons. The van der Waals surface area contributed by atoms with Gasteiger partial charge in [0.2, 0.25) is 0 Å². The molecule has 0 saturated heterocycles. The van der Waals surface area contributed by atoms with Crippen LogP contribution in [-0.4, -0.2) is 31.8 Å². The Hall–Kier alpha value is -2.71. The molecule has 0 atom stereocenters. The van der Waals surface area contributed by atoms with Crippen molar-refractivity contribution in [2.75, 3.05) is 5.73 Å². The first kappa shape index (κ1) is 14.9. The molecule has 2 aromatic carbocycles. The van der Waals surface area contributed by atoms with Gasteiger partial charge in [-0.15, -0.1) is 0 Å². The molecule has 0 bridgehead atoms. The fraction of sp³-hybridized carbons (Fsp3) is 0. The van der Waals surface area contributed by atoms with Crippen molar-refractivity contribution < 1.29 is 0 Å². The number of aromatic nitrogens is 3. The number of nitrogens with zero attached hydrogens (tertiary/aromatic N) is 3. The van der Waals surface area contributed by atoms with Gasteiger partial charge in [-0.2, -0.15) is 0 Å². The number of nitrogens with two attached hydrogens (primary N) is 1. The van der Waals surface area contributed by atoms with Gasteiger partial charge < -0.3 is 0 Å². The monoisotopic (exact) mass is 372 g/mol. The van der Waals surface area contributed by atoms with Crippen molar-refractivity contribution in [3.05, 3.63) is 67.0 Å². The Morgan fingerprint density at radius 2 is 1.58 bits per heavy atom. The van der Waals surface area contributed by atoms with Gasteiger partial charge in [-0.1, -0.05) is 0 Å². The molecular weight excluding hydrogens is 359 g/mol. The van der Waals surface area contributed by atoms with E-state index >= 15 is 0 Å². The average molecular weight is 372 g/mol. The zero-order chi connectivity index (χ0) is 16.5. The predicted octanol–water partition coefficient (Wildman–Crippen LogP) is 2.73. The Kier molecular flexibility index (Phi) is 3.75. The van der Waals surface area contributed by atoms with Crippen LogP contribution >= 0.6 is 0 Å². The van der Waals surface area contributed by atoms with Crippen molar-refractivity contribution in [2.45, 2.75) is 0 Å². The third-order valence-electron chi connectivity index (χ3n) is 3.88. The summed E-state index contributed by atoms with van der Waals surface area (Å²) in [6.07, 6.45) is 1.45. The fourth-order valence-corrected chi connectivity index (χ4v) is 3.03. The fourth-order valence-electron chi connectivity index (χ4n) is 2.71. The number of nitrogen functional groups attached to an aromatic ring is 1. The Bertz CT molecular complexity index is 1010. The van der Waals surface area contributed by atoms with Crippen molar-refractivity contribution in [2.24, 2.45) is 0 Å². The molecule has 4 rings (SSSR count). The van der Waals surface area contributed by atoms with E-state index in [1.54, 1.807) is 0 Å².